The highest BCUT2D eigenvalue weighted by molar-refractivity contribution is 7.10. The van der Waals surface area contributed by atoms with Crippen LogP contribution in [0.2, 0.25) is 0 Å². The van der Waals surface area contributed by atoms with E-state index in [0.717, 1.165) is 16.9 Å². The van der Waals surface area contributed by atoms with E-state index in [-0.39, 0.29) is 18.4 Å². The van der Waals surface area contributed by atoms with E-state index in [9.17, 15) is 4.79 Å². The maximum absolute atomic E-state index is 11.9. The third kappa shape index (κ3) is 4.06. The van der Waals surface area contributed by atoms with Crippen LogP contribution in [0.25, 0.3) is 0 Å². The van der Waals surface area contributed by atoms with Crippen LogP contribution in [-0.4, -0.2) is 30.8 Å². The first kappa shape index (κ1) is 14.1. The molecule has 102 valence electrons. The lowest BCUT2D eigenvalue weighted by Crippen LogP contribution is -2.30. The van der Waals surface area contributed by atoms with Crippen molar-refractivity contribution in [3.05, 3.63) is 21.9 Å². The number of carbonyl (C=O) groups excluding carboxylic acids is 1. The lowest BCUT2D eigenvalue weighted by atomic mass is 10.1. The van der Waals surface area contributed by atoms with Gasteiger partial charge in [0.05, 0.1) is 25.7 Å². The van der Waals surface area contributed by atoms with Gasteiger partial charge in [0.15, 0.2) is 0 Å². The van der Waals surface area contributed by atoms with Crippen molar-refractivity contribution in [3.63, 3.8) is 0 Å². The molecule has 19 heavy (non-hydrogen) atoms. The van der Waals surface area contributed by atoms with Crippen LogP contribution in [0.4, 0.5) is 0 Å². The van der Waals surface area contributed by atoms with Gasteiger partial charge in [-0.25, -0.2) is 0 Å². The summed E-state index contributed by atoms with van der Waals surface area (Å²) < 4.78 is 5.20. The number of amides is 1. The maximum Gasteiger partial charge on any atom is 0.225 e. The lowest BCUT2D eigenvalue weighted by molar-refractivity contribution is -0.125. The van der Waals surface area contributed by atoms with Gasteiger partial charge < -0.3 is 15.2 Å². The van der Waals surface area contributed by atoms with E-state index >= 15 is 0 Å². The Morgan fingerprint density at radius 3 is 3.26 bits per heavy atom. The Hall–Kier alpha value is -1.35. The van der Waals surface area contributed by atoms with Crippen LogP contribution in [0.3, 0.4) is 0 Å². The molecule has 1 atom stereocenters. The van der Waals surface area contributed by atoms with Crippen molar-refractivity contribution >= 4 is 17.2 Å². The predicted molar refractivity (Wildman–Crippen MR) is 73.7 cm³/mol. The molecule has 0 aliphatic carbocycles. The standard InChI is InChI=1S/C14H17NO3S/c16-6-2-1-3-11-5-8-19-13(11)9-15-14(17)12-4-7-18-10-12/h5,8,12,16H,2,4,6-7,9-10H2,(H,15,17). The third-order valence-electron chi connectivity index (χ3n) is 2.93. The van der Waals surface area contributed by atoms with Gasteiger partial charge in [-0.2, -0.15) is 0 Å². The summed E-state index contributed by atoms with van der Waals surface area (Å²) in [5.41, 5.74) is 0.932. The number of ether oxygens (including phenoxy) is 1. The summed E-state index contributed by atoms with van der Waals surface area (Å²) in [6.07, 6.45) is 1.28. The molecule has 0 aromatic carbocycles. The molecule has 2 N–H and O–H groups in total. The second kappa shape index (κ2) is 7.29. The van der Waals surface area contributed by atoms with E-state index in [1.54, 1.807) is 11.3 Å². The third-order valence-corrected chi connectivity index (χ3v) is 3.85. The summed E-state index contributed by atoms with van der Waals surface area (Å²) in [5.74, 6) is 5.95. The average Bonchev–Trinajstić information content (AvgIpc) is 3.08. The van der Waals surface area contributed by atoms with Crippen molar-refractivity contribution in [2.24, 2.45) is 5.92 Å². The molecule has 1 amide bonds. The van der Waals surface area contributed by atoms with E-state index in [2.05, 4.69) is 17.2 Å². The van der Waals surface area contributed by atoms with Crippen LogP contribution in [0, 0.1) is 17.8 Å². The van der Waals surface area contributed by atoms with Gasteiger partial charge >= 0.3 is 0 Å². The number of hydrogen-bond donors (Lipinski definition) is 2. The predicted octanol–water partition coefficient (Wildman–Crippen LogP) is 1.13. The fourth-order valence-corrected chi connectivity index (χ4v) is 2.63. The minimum Gasteiger partial charge on any atom is -0.395 e. The summed E-state index contributed by atoms with van der Waals surface area (Å²) in [7, 11) is 0. The summed E-state index contributed by atoms with van der Waals surface area (Å²) in [6, 6.07) is 1.94. The highest BCUT2D eigenvalue weighted by Gasteiger charge is 2.23. The van der Waals surface area contributed by atoms with Crippen molar-refractivity contribution in [1.29, 1.82) is 0 Å². The monoisotopic (exact) mass is 279 g/mol. The van der Waals surface area contributed by atoms with E-state index < -0.39 is 0 Å². The Labute approximate surface area is 116 Å². The molecule has 1 aromatic heterocycles. The van der Waals surface area contributed by atoms with Crippen LogP contribution >= 0.6 is 11.3 Å². The smallest absolute Gasteiger partial charge is 0.225 e. The molecule has 0 bridgehead atoms. The Morgan fingerprint density at radius 2 is 2.53 bits per heavy atom. The van der Waals surface area contributed by atoms with Gasteiger partial charge in [-0.05, 0) is 17.9 Å². The number of carbonyl (C=O) groups is 1. The molecular weight excluding hydrogens is 262 g/mol. The molecular formula is C14H17NO3S. The first-order chi connectivity index (χ1) is 9.31. The van der Waals surface area contributed by atoms with Crippen molar-refractivity contribution in [3.8, 4) is 11.8 Å². The number of rotatable bonds is 4. The van der Waals surface area contributed by atoms with Crippen molar-refractivity contribution < 1.29 is 14.6 Å². The van der Waals surface area contributed by atoms with Crippen LogP contribution in [0.1, 0.15) is 23.3 Å². The van der Waals surface area contributed by atoms with Gasteiger partial charge in [0.2, 0.25) is 5.91 Å². The minimum atomic E-state index is -0.0103. The largest absolute Gasteiger partial charge is 0.395 e. The minimum absolute atomic E-state index is 0.0103. The summed E-state index contributed by atoms with van der Waals surface area (Å²) in [6.45, 7) is 1.79. The fraction of sp³-hybridized carbons (Fsp3) is 0.500. The zero-order valence-electron chi connectivity index (χ0n) is 10.6. The quantitative estimate of drug-likeness (QED) is 0.813. The van der Waals surface area contributed by atoms with Gasteiger partial charge in [0, 0.05) is 23.5 Å². The number of nitrogens with one attached hydrogen (secondary N) is 1. The van der Waals surface area contributed by atoms with Crippen molar-refractivity contribution in [1.82, 2.24) is 5.32 Å². The van der Waals surface area contributed by atoms with Gasteiger partial charge in [-0.1, -0.05) is 11.8 Å². The average molecular weight is 279 g/mol. The molecule has 0 spiro atoms. The number of aliphatic hydroxyl groups is 1. The molecule has 2 rings (SSSR count). The van der Waals surface area contributed by atoms with Gasteiger partial charge in [0.25, 0.3) is 0 Å². The summed E-state index contributed by atoms with van der Waals surface area (Å²) >= 11 is 1.58. The number of hydrogen-bond acceptors (Lipinski definition) is 4. The summed E-state index contributed by atoms with van der Waals surface area (Å²) in [5, 5.41) is 13.6. The Kier molecular flexibility index (Phi) is 5.40. The van der Waals surface area contributed by atoms with Gasteiger partial charge in [0.1, 0.15) is 0 Å². The number of aliphatic hydroxyl groups excluding tert-OH is 1. The van der Waals surface area contributed by atoms with Gasteiger partial charge in [-0.15, -0.1) is 11.3 Å². The van der Waals surface area contributed by atoms with E-state index in [1.807, 2.05) is 11.4 Å². The van der Waals surface area contributed by atoms with E-state index in [0.29, 0.717) is 26.2 Å². The molecule has 5 heteroatoms. The van der Waals surface area contributed by atoms with Gasteiger partial charge in [-0.3, -0.25) is 4.79 Å². The molecule has 1 aliphatic rings. The summed E-state index contributed by atoms with van der Waals surface area (Å²) in [4.78, 5) is 12.9. The van der Waals surface area contributed by atoms with E-state index in [4.69, 9.17) is 9.84 Å². The normalized spacial score (nSPS) is 17.8. The van der Waals surface area contributed by atoms with Crippen molar-refractivity contribution in [2.75, 3.05) is 19.8 Å². The molecule has 1 unspecified atom stereocenters. The maximum atomic E-state index is 11.9. The Bertz CT molecular complexity index is 480. The highest BCUT2D eigenvalue weighted by Crippen LogP contribution is 2.17. The molecule has 1 aliphatic heterocycles. The van der Waals surface area contributed by atoms with Crippen molar-refractivity contribution in [2.45, 2.75) is 19.4 Å². The number of thiophene rings is 1. The molecule has 0 radical (unpaired) electrons. The van der Waals surface area contributed by atoms with Crippen LogP contribution in [0.15, 0.2) is 11.4 Å². The SMILES string of the molecule is O=C(NCc1sccc1C#CCCO)C1CCOC1. The molecule has 1 saturated heterocycles. The molecule has 2 heterocycles. The van der Waals surface area contributed by atoms with Crippen LogP contribution in [0.5, 0.6) is 0 Å². The van der Waals surface area contributed by atoms with Crippen LogP contribution in [-0.2, 0) is 16.1 Å². The first-order valence-corrected chi connectivity index (χ1v) is 7.21. The fourth-order valence-electron chi connectivity index (χ4n) is 1.86. The molecule has 0 saturated carbocycles. The topological polar surface area (TPSA) is 58.6 Å². The molecule has 1 aromatic rings. The van der Waals surface area contributed by atoms with Crippen LogP contribution < -0.4 is 5.32 Å². The second-order valence-corrected chi connectivity index (χ2v) is 5.31. The molecule has 4 nitrogen and oxygen atoms in total. The highest BCUT2D eigenvalue weighted by atomic mass is 32.1. The second-order valence-electron chi connectivity index (χ2n) is 4.31. The Morgan fingerprint density at radius 1 is 1.63 bits per heavy atom. The first-order valence-electron chi connectivity index (χ1n) is 6.33. The lowest BCUT2D eigenvalue weighted by Gasteiger charge is -2.08. The zero-order valence-corrected chi connectivity index (χ0v) is 11.5. The van der Waals surface area contributed by atoms with E-state index in [1.165, 1.54) is 0 Å². The Balaban J connectivity index is 1.87. The molecule has 1 fully saturated rings. The zero-order chi connectivity index (χ0) is 13.5.